The monoisotopic (exact) mass is 628 g/mol. The van der Waals surface area contributed by atoms with Crippen molar-refractivity contribution >= 4 is 32.2 Å². The highest BCUT2D eigenvalue weighted by atomic mass is 31.2. The van der Waals surface area contributed by atoms with Crippen molar-refractivity contribution in [2.75, 3.05) is 0 Å². The second-order valence-electron chi connectivity index (χ2n) is 11.4. The van der Waals surface area contributed by atoms with Gasteiger partial charge in [-0.2, -0.15) is 0 Å². The normalized spacial score (nSPS) is 13.0. The summed E-state index contributed by atoms with van der Waals surface area (Å²) in [5.41, 5.74) is 11.0. The van der Waals surface area contributed by atoms with Gasteiger partial charge in [-0.15, -0.1) is 0 Å². The standard InChI is InChI=1S/C21H34N3O6P.C8H17NO.C2H6/c1-4-6-7-8-18(25)23-17(21(27)24-19(20(22)26)14(3)5-2)13-15-9-11-16(12-10-15)30-31(28)29;1-6(2)5-8(3,4)7(9)10;1-2/h9-12,14,17,19,28-29H,4-8,13H2,1-3H3,(H2,22,26)(H,23,25)(H,24,27);6H,5H2,1-4H3,(H2,9,10);1-2H3. The quantitative estimate of drug-likeness (QED) is 0.108. The predicted octanol–water partition coefficient (Wildman–Crippen LogP) is 4.47. The Labute approximate surface area is 259 Å². The van der Waals surface area contributed by atoms with E-state index in [0.29, 0.717) is 18.8 Å². The van der Waals surface area contributed by atoms with Crippen LogP contribution < -0.4 is 26.6 Å². The number of amides is 4. The summed E-state index contributed by atoms with van der Waals surface area (Å²) in [4.78, 5) is 65.7. The average molecular weight is 629 g/mol. The van der Waals surface area contributed by atoms with E-state index in [1.165, 1.54) is 0 Å². The fourth-order valence-corrected chi connectivity index (χ4v) is 4.44. The number of hydrogen-bond donors (Lipinski definition) is 6. The van der Waals surface area contributed by atoms with Crippen LogP contribution in [0.25, 0.3) is 0 Å². The molecule has 0 fully saturated rings. The van der Waals surface area contributed by atoms with Crippen LogP contribution in [-0.4, -0.2) is 45.5 Å². The van der Waals surface area contributed by atoms with E-state index in [2.05, 4.69) is 24.5 Å². The summed E-state index contributed by atoms with van der Waals surface area (Å²) in [5, 5.41) is 5.44. The Morgan fingerprint density at radius 2 is 1.51 bits per heavy atom. The molecular weight excluding hydrogens is 571 g/mol. The Balaban J connectivity index is 0. The third kappa shape index (κ3) is 19.2. The van der Waals surface area contributed by atoms with E-state index in [9.17, 15) is 19.2 Å². The van der Waals surface area contributed by atoms with Gasteiger partial charge in [0.05, 0.1) is 0 Å². The lowest BCUT2D eigenvalue weighted by molar-refractivity contribution is -0.132. The lowest BCUT2D eigenvalue weighted by Gasteiger charge is -2.25. The number of primary amides is 2. The molecule has 12 heteroatoms. The van der Waals surface area contributed by atoms with Gasteiger partial charge in [0.15, 0.2) is 0 Å². The third-order valence-electron chi connectivity index (χ3n) is 6.61. The van der Waals surface area contributed by atoms with Crippen LogP contribution in [0.1, 0.15) is 106 Å². The zero-order valence-electron chi connectivity index (χ0n) is 27.6. The molecule has 0 aliphatic carbocycles. The van der Waals surface area contributed by atoms with E-state index >= 15 is 0 Å². The molecule has 0 aromatic heterocycles. The largest absolute Gasteiger partial charge is 0.427 e. The molecule has 0 saturated heterocycles. The molecule has 248 valence electrons. The van der Waals surface area contributed by atoms with Crippen molar-refractivity contribution in [1.29, 1.82) is 0 Å². The topological polar surface area (TPSA) is 194 Å². The highest BCUT2D eigenvalue weighted by Gasteiger charge is 2.29. The van der Waals surface area contributed by atoms with E-state index < -0.39 is 32.5 Å². The summed E-state index contributed by atoms with van der Waals surface area (Å²) in [6.45, 7) is 17.7. The number of hydrogen-bond acceptors (Lipinski definition) is 7. The number of carbonyl (C=O) groups is 4. The molecule has 4 amide bonds. The Hall–Kier alpha value is -2.75. The van der Waals surface area contributed by atoms with Crippen molar-refractivity contribution in [3.63, 3.8) is 0 Å². The molecule has 3 atom stereocenters. The van der Waals surface area contributed by atoms with E-state index in [-0.39, 0.29) is 35.3 Å². The van der Waals surface area contributed by atoms with Crippen molar-refractivity contribution < 1.29 is 33.5 Å². The lowest BCUT2D eigenvalue weighted by atomic mass is 9.83. The van der Waals surface area contributed by atoms with Crippen LogP contribution in [0.3, 0.4) is 0 Å². The maximum Gasteiger partial charge on any atom is 0.391 e. The van der Waals surface area contributed by atoms with Gasteiger partial charge in [0.1, 0.15) is 17.8 Å². The minimum Gasteiger partial charge on any atom is -0.427 e. The van der Waals surface area contributed by atoms with Crippen molar-refractivity contribution in [3.05, 3.63) is 29.8 Å². The van der Waals surface area contributed by atoms with Crippen molar-refractivity contribution in [1.82, 2.24) is 10.6 Å². The fraction of sp³-hybridized carbons (Fsp3) is 0.677. The smallest absolute Gasteiger partial charge is 0.391 e. The maximum atomic E-state index is 12.9. The molecule has 0 aliphatic rings. The SMILES string of the molecule is CC.CC(C)CC(C)(C)C(N)=O.CCCCCC(=O)NC(Cc1ccc(OP(O)O)cc1)C(=O)NC(C(N)=O)C(C)CC. The second-order valence-corrected chi connectivity index (χ2v) is 12.1. The summed E-state index contributed by atoms with van der Waals surface area (Å²) in [6.07, 6.45) is 4.64. The first-order valence-corrected chi connectivity index (χ1v) is 16.3. The number of nitrogens with two attached hydrogens (primary N) is 2. The molecule has 1 aromatic rings. The van der Waals surface area contributed by atoms with Crippen molar-refractivity contribution in [2.24, 2.45) is 28.7 Å². The predicted molar refractivity (Wildman–Crippen MR) is 173 cm³/mol. The molecule has 0 radical (unpaired) electrons. The van der Waals surface area contributed by atoms with Crippen LogP contribution >= 0.6 is 8.60 Å². The van der Waals surface area contributed by atoms with E-state index in [0.717, 1.165) is 31.2 Å². The zero-order valence-corrected chi connectivity index (χ0v) is 28.5. The van der Waals surface area contributed by atoms with Crippen molar-refractivity contribution in [3.8, 4) is 5.75 Å². The molecular formula is C31H57N4O7P. The lowest BCUT2D eigenvalue weighted by Crippen LogP contribution is -2.55. The van der Waals surface area contributed by atoms with Gasteiger partial charge in [0.25, 0.3) is 0 Å². The number of carbonyl (C=O) groups excluding carboxylic acids is 4. The van der Waals surface area contributed by atoms with Gasteiger partial charge in [0.2, 0.25) is 23.6 Å². The minimum atomic E-state index is -2.52. The summed E-state index contributed by atoms with van der Waals surface area (Å²) in [5.74, 6) is -0.896. The Bertz CT molecular complexity index is 956. The first kappa shape index (κ1) is 42.4. The highest BCUT2D eigenvalue weighted by Crippen LogP contribution is 2.29. The molecule has 1 aromatic carbocycles. The Morgan fingerprint density at radius 1 is 0.953 bits per heavy atom. The average Bonchev–Trinajstić information content (AvgIpc) is 2.92. The van der Waals surface area contributed by atoms with Crippen LogP contribution in [0.15, 0.2) is 24.3 Å². The van der Waals surface area contributed by atoms with Crippen LogP contribution in [-0.2, 0) is 25.6 Å². The van der Waals surface area contributed by atoms with Gasteiger partial charge in [-0.1, -0.05) is 93.7 Å². The van der Waals surface area contributed by atoms with Gasteiger partial charge in [-0.3, -0.25) is 19.2 Å². The van der Waals surface area contributed by atoms with E-state index in [1.807, 2.05) is 48.5 Å². The molecule has 0 aliphatic heterocycles. The molecule has 0 saturated carbocycles. The number of benzene rings is 1. The minimum absolute atomic E-state index is 0.148. The number of nitrogens with one attached hydrogen (secondary N) is 2. The first-order chi connectivity index (χ1) is 20.0. The Morgan fingerprint density at radius 3 is 1.91 bits per heavy atom. The molecule has 0 spiro atoms. The molecule has 43 heavy (non-hydrogen) atoms. The summed E-state index contributed by atoms with van der Waals surface area (Å²) in [6, 6.07) is 4.69. The number of rotatable bonds is 17. The first-order valence-electron chi connectivity index (χ1n) is 15.2. The van der Waals surface area contributed by atoms with Gasteiger partial charge in [-0.25, -0.2) is 0 Å². The highest BCUT2D eigenvalue weighted by molar-refractivity contribution is 7.39. The molecule has 3 unspecified atom stereocenters. The molecule has 0 heterocycles. The van der Waals surface area contributed by atoms with Crippen LogP contribution in [0, 0.1) is 17.3 Å². The number of unbranched alkanes of at least 4 members (excludes halogenated alkanes) is 2. The zero-order chi connectivity index (χ0) is 33.8. The van der Waals surface area contributed by atoms with Gasteiger partial charge >= 0.3 is 8.60 Å². The maximum absolute atomic E-state index is 12.9. The van der Waals surface area contributed by atoms with Gasteiger partial charge in [0, 0.05) is 18.3 Å². The fourth-order valence-electron chi connectivity index (χ4n) is 4.13. The third-order valence-corrected chi connectivity index (χ3v) is 6.99. The van der Waals surface area contributed by atoms with E-state index in [1.54, 1.807) is 24.3 Å². The molecule has 1 rings (SSSR count). The summed E-state index contributed by atoms with van der Waals surface area (Å²) >= 11 is 0. The second kappa shape index (κ2) is 22.7. The molecule has 8 N–H and O–H groups in total. The van der Waals surface area contributed by atoms with Gasteiger partial charge < -0.3 is 36.4 Å². The van der Waals surface area contributed by atoms with E-state index in [4.69, 9.17) is 25.8 Å². The van der Waals surface area contributed by atoms with Crippen LogP contribution in [0.4, 0.5) is 0 Å². The van der Waals surface area contributed by atoms with Gasteiger partial charge in [-0.05, 0) is 42.4 Å². The summed E-state index contributed by atoms with van der Waals surface area (Å²) in [7, 11) is -2.52. The molecule has 0 bridgehead atoms. The summed E-state index contributed by atoms with van der Waals surface area (Å²) < 4.78 is 4.83. The Kier molecular flexibility index (Phi) is 22.4. The van der Waals surface area contributed by atoms with Crippen molar-refractivity contribution in [2.45, 2.75) is 119 Å². The molecule has 11 nitrogen and oxygen atoms in total. The van der Waals surface area contributed by atoms with Crippen LogP contribution in [0.5, 0.6) is 5.75 Å². The van der Waals surface area contributed by atoms with Crippen LogP contribution in [0.2, 0.25) is 0 Å².